The van der Waals surface area contributed by atoms with E-state index in [4.69, 9.17) is 14.2 Å². The lowest BCUT2D eigenvalue weighted by atomic mass is 10.1. The van der Waals surface area contributed by atoms with Crippen LogP contribution in [0.3, 0.4) is 0 Å². The Kier molecular flexibility index (Phi) is 11.4. The molecule has 2 aromatic carbocycles. The van der Waals surface area contributed by atoms with E-state index >= 15 is 0 Å². The molecule has 0 aliphatic carbocycles. The van der Waals surface area contributed by atoms with E-state index in [1.54, 1.807) is 6.08 Å². The number of hydrogen-bond donors (Lipinski definition) is 0. The molecule has 0 aliphatic rings. The van der Waals surface area contributed by atoms with Crippen molar-refractivity contribution in [1.82, 2.24) is 0 Å². The number of unbranched alkanes of at least 4 members (excludes halogenated alkanes) is 3. The van der Waals surface area contributed by atoms with Crippen molar-refractivity contribution in [3.8, 4) is 11.5 Å². The molecule has 0 amide bonds. The summed E-state index contributed by atoms with van der Waals surface area (Å²) in [6, 6.07) is 15.0. The third-order valence-electron chi connectivity index (χ3n) is 4.72. The van der Waals surface area contributed by atoms with Gasteiger partial charge in [0.1, 0.15) is 11.5 Å². The van der Waals surface area contributed by atoms with Crippen LogP contribution in [0.1, 0.15) is 50.2 Å². The summed E-state index contributed by atoms with van der Waals surface area (Å²) in [5.41, 5.74) is 2.12. The number of rotatable bonds is 14. The van der Waals surface area contributed by atoms with Crippen LogP contribution in [0.15, 0.2) is 67.3 Å². The first kappa shape index (κ1) is 24.9. The zero-order valence-corrected chi connectivity index (χ0v) is 18.8. The van der Waals surface area contributed by atoms with Crippen LogP contribution < -0.4 is 9.47 Å². The summed E-state index contributed by atoms with van der Waals surface area (Å²) >= 11 is 0. The molecule has 0 bridgehead atoms. The molecule has 0 aliphatic heterocycles. The first-order chi connectivity index (χ1) is 15.6. The normalized spacial score (nSPS) is 10.7. The zero-order chi connectivity index (χ0) is 23.0. The van der Waals surface area contributed by atoms with Gasteiger partial charge in [-0.3, -0.25) is 0 Å². The standard InChI is InChI=1S/C27H32O5/c1-3-5-6-7-9-22-12-17-25(18-13-22)32-27(29)19-14-23-10-15-24(16-11-23)30-20-8-21-31-26(28)4-2/h4,10-19H,2-3,5-9,20-21H2,1H3. The minimum absolute atomic E-state index is 0.287. The summed E-state index contributed by atoms with van der Waals surface area (Å²) in [7, 11) is 0. The van der Waals surface area contributed by atoms with Gasteiger partial charge in [0.25, 0.3) is 0 Å². The molecule has 2 aromatic rings. The maximum Gasteiger partial charge on any atom is 0.336 e. The second kappa shape index (κ2) is 14.6. The van der Waals surface area contributed by atoms with Crippen molar-refractivity contribution in [2.45, 2.75) is 45.4 Å². The van der Waals surface area contributed by atoms with Gasteiger partial charge in [0.15, 0.2) is 0 Å². The quantitative estimate of drug-likeness (QED) is 0.159. The van der Waals surface area contributed by atoms with Gasteiger partial charge in [-0.2, -0.15) is 0 Å². The summed E-state index contributed by atoms with van der Waals surface area (Å²) < 4.78 is 15.8. The maximum absolute atomic E-state index is 12.1. The largest absolute Gasteiger partial charge is 0.493 e. The highest BCUT2D eigenvalue weighted by molar-refractivity contribution is 5.88. The Morgan fingerprint density at radius 2 is 1.56 bits per heavy atom. The van der Waals surface area contributed by atoms with E-state index < -0.39 is 11.9 Å². The molecule has 0 atom stereocenters. The van der Waals surface area contributed by atoms with Crippen LogP contribution in [0.5, 0.6) is 11.5 Å². The summed E-state index contributed by atoms with van der Waals surface area (Å²) in [6.45, 7) is 6.27. The Bertz CT molecular complexity index is 866. The topological polar surface area (TPSA) is 61.8 Å². The van der Waals surface area contributed by atoms with Crippen LogP contribution in [0.25, 0.3) is 6.08 Å². The van der Waals surface area contributed by atoms with E-state index in [2.05, 4.69) is 13.5 Å². The molecular weight excluding hydrogens is 404 g/mol. The Balaban J connectivity index is 1.71. The van der Waals surface area contributed by atoms with Crippen LogP contribution in [0, 0.1) is 0 Å². The molecule has 0 radical (unpaired) electrons. The molecule has 0 spiro atoms. The lowest BCUT2D eigenvalue weighted by Crippen LogP contribution is -2.06. The molecule has 0 unspecified atom stereocenters. The fraction of sp³-hybridized carbons (Fsp3) is 0.333. The molecule has 2 rings (SSSR count). The number of hydrogen-bond acceptors (Lipinski definition) is 5. The summed E-state index contributed by atoms with van der Waals surface area (Å²) in [5, 5.41) is 0. The third-order valence-corrected chi connectivity index (χ3v) is 4.72. The molecule has 0 N–H and O–H groups in total. The van der Waals surface area contributed by atoms with Gasteiger partial charge in [-0.25, -0.2) is 9.59 Å². The van der Waals surface area contributed by atoms with Gasteiger partial charge >= 0.3 is 11.9 Å². The lowest BCUT2D eigenvalue weighted by Gasteiger charge is -2.06. The van der Waals surface area contributed by atoms with Crippen molar-refractivity contribution < 1.29 is 23.8 Å². The van der Waals surface area contributed by atoms with Crippen LogP contribution in [0.4, 0.5) is 0 Å². The monoisotopic (exact) mass is 436 g/mol. The first-order valence-corrected chi connectivity index (χ1v) is 11.1. The number of carbonyl (C=O) groups is 2. The summed E-state index contributed by atoms with van der Waals surface area (Å²) in [5.74, 6) is 0.388. The van der Waals surface area contributed by atoms with E-state index in [-0.39, 0.29) is 6.61 Å². The third kappa shape index (κ3) is 10.1. The van der Waals surface area contributed by atoms with Gasteiger partial charge in [0, 0.05) is 18.6 Å². The average molecular weight is 437 g/mol. The molecule has 0 aromatic heterocycles. The molecule has 5 nitrogen and oxygen atoms in total. The molecule has 5 heteroatoms. The van der Waals surface area contributed by atoms with Crippen molar-refractivity contribution >= 4 is 18.0 Å². The van der Waals surface area contributed by atoms with Crippen molar-refractivity contribution in [1.29, 1.82) is 0 Å². The second-order valence-electron chi connectivity index (χ2n) is 7.35. The van der Waals surface area contributed by atoms with E-state index in [9.17, 15) is 9.59 Å². The number of benzene rings is 2. The highest BCUT2D eigenvalue weighted by Gasteiger charge is 2.02. The Morgan fingerprint density at radius 3 is 2.25 bits per heavy atom. The molecule has 0 fully saturated rings. The predicted octanol–water partition coefficient (Wildman–Crippen LogP) is 5.93. The van der Waals surface area contributed by atoms with Crippen LogP contribution in [0.2, 0.25) is 0 Å². The lowest BCUT2D eigenvalue weighted by molar-refractivity contribution is -0.138. The minimum Gasteiger partial charge on any atom is -0.493 e. The van der Waals surface area contributed by atoms with Crippen LogP contribution in [-0.2, 0) is 20.7 Å². The van der Waals surface area contributed by atoms with Gasteiger partial charge in [0.05, 0.1) is 13.2 Å². The van der Waals surface area contributed by atoms with Crippen molar-refractivity contribution in [2.75, 3.05) is 13.2 Å². The van der Waals surface area contributed by atoms with E-state index in [1.807, 2.05) is 48.5 Å². The van der Waals surface area contributed by atoms with Crippen LogP contribution >= 0.6 is 0 Å². The zero-order valence-electron chi connectivity index (χ0n) is 18.8. The second-order valence-corrected chi connectivity index (χ2v) is 7.35. The predicted molar refractivity (Wildman–Crippen MR) is 127 cm³/mol. The molecule has 0 heterocycles. The first-order valence-electron chi connectivity index (χ1n) is 11.1. The van der Waals surface area contributed by atoms with Gasteiger partial charge in [0.2, 0.25) is 0 Å². The Labute approximate surface area is 190 Å². The molecule has 32 heavy (non-hydrogen) atoms. The molecule has 0 saturated heterocycles. The van der Waals surface area contributed by atoms with E-state index in [0.29, 0.717) is 24.5 Å². The fourth-order valence-electron chi connectivity index (χ4n) is 2.95. The van der Waals surface area contributed by atoms with Crippen molar-refractivity contribution in [2.24, 2.45) is 0 Å². The molecule has 170 valence electrons. The smallest absolute Gasteiger partial charge is 0.336 e. The number of aryl methyl sites for hydroxylation is 1. The van der Waals surface area contributed by atoms with Gasteiger partial charge in [-0.1, -0.05) is 57.0 Å². The maximum atomic E-state index is 12.1. The summed E-state index contributed by atoms with van der Waals surface area (Å²) in [4.78, 5) is 23.0. The SMILES string of the molecule is C=CC(=O)OCCCOc1ccc(C=CC(=O)Oc2ccc(CCCCCC)cc2)cc1. The average Bonchev–Trinajstić information content (AvgIpc) is 2.82. The van der Waals surface area contributed by atoms with E-state index in [1.165, 1.54) is 37.3 Å². The van der Waals surface area contributed by atoms with Gasteiger partial charge in [-0.05, 0) is 54.3 Å². The van der Waals surface area contributed by atoms with Gasteiger partial charge < -0.3 is 14.2 Å². The fourth-order valence-corrected chi connectivity index (χ4v) is 2.95. The van der Waals surface area contributed by atoms with Crippen molar-refractivity contribution in [3.63, 3.8) is 0 Å². The molecular formula is C27H32O5. The highest BCUT2D eigenvalue weighted by atomic mass is 16.5. The Morgan fingerprint density at radius 1 is 0.844 bits per heavy atom. The van der Waals surface area contributed by atoms with Crippen LogP contribution in [-0.4, -0.2) is 25.2 Å². The minimum atomic E-state index is -0.436. The number of carbonyl (C=O) groups excluding carboxylic acids is 2. The Hall–Kier alpha value is -3.34. The van der Waals surface area contributed by atoms with E-state index in [0.717, 1.165) is 18.1 Å². The summed E-state index contributed by atoms with van der Waals surface area (Å²) in [6.07, 6.45) is 10.8. The molecule has 0 saturated carbocycles. The van der Waals surface area contributed by atoms with Gasteiger partial charge in [-0.15, -0.1) is 0 Å². The number of ether oxygens (including phenoxy) is 3. The number of esters is 2. The highest BCUT2D eigenvalue weighted by Crippen LogP contribution is 2.16. The van der Waals surface area contributed by atoms with Crippen molar-refractivity contribution in [3.05, 3.63) is 78.4 Å².